The van der Waals surface area contributed by atoms with Crippen molar-refractivity contribution in [2.45, 2.75) is 22.9 Å². The monoisotopic (exact) mass is 462 g/mol. The maximum Gasteiger partial charge on any atom is 0.234 e. The molecular weight excluding hydrogens is 440 g/mol. The van der Waals surface area contributed by atoms with E-state index < -0.39 is 9.84 Å². The van der Waals surface area contributed by atoms with E-state index in [1.165, 1.54) is 12.1 Å². The number of benzene rings is 3. The van der Waals surface area contributed by atoms with Crippen molar-refractivity contribution in [3.05, 3.63) is 84.4 Å². The standard InChI is InChI=1S/C25H22N2O5S/c1-17(18-8-4-2-5-9-18)26-24-25(27-23(32-24)19-10-6-3-7-11-19)33(28,29)20-12-13-21-22(16-20)31-15-14-30-21/h2-13,16-17,26H,14-15H2,1H3. The largest absolute Gasteiger partial charge is 0.486 e. The van der Waals surface area contributed by atoms with Crippen LogP contribution in [0.15, 0.2) is 93.2 Å². The molecule has 0 fully saturated rings. The maximum absolute atomic E-state index is 13.6. The second kappa shape index (κ2) is 8.63. The minimum atomic E-state index is -4.02. The van der Waals surface area contributed by atoms with Crippen molar-refractivity contribution in [1.82, 2.24) is 4.98 Å². The van der Waals surface area contributed by atoms with E-state index in [9.17, 15) is 8.42 Å². The molecule has 0 spiro atoms. The summed E-state index contributed by atoms with van der Waals surface area (Å²) in [7, 11) is -4.02. The molecule has 168 valence electrons. The molecule has 0 amide bonds. The topological polar surface area (TPSA) is 90.7 Å². The minimum Gasteiger partial charge on any atom is -0.486 e. The molecule has 1 aliphatic rings. The fraction of sp³-hybridized carbons (Fsp3) is 0.160. The zero-order chi connectivity index (χ0) is 22.8. The Labute approximate surface area is 191 Å². The number of rotatable bonds is 6. The molecule has 8 heteroatoms. The molecule has 2 heterocycles. The second-order valence-corrected chi connectivity index (χ2v) is 9.47. The average Bonchev–Trinajstić information content (AvgIpc) is 3.29. The zero-order valence-corrected chi connectivity index (χ0v) is 18.7. The molecule has 0 bridgehead atoms. The molecule has 0 aliphatic carbocycles. The normalized spacial score (nSPS) is 14.0. The Morgan fingerprint density at radius 2 is 1.55 bits per heavy atom. The van der Waals surface area contributed by atoms with E-state index in [2.05, 4.69) is 10.3 Å². The Hall–Kier alpha value is -3.78. The number of nitrogens with zero attached hydrogens (tertiary/aromatic N) is 1. The van der Waals surface area contributed by atoms with Crippen molar-refractivity contribution in [2.75, 3.05) is 18.5 Å². The summed E-state index contributed by atoms with van der Waals surface area (Å²) in [6.45, 7) is 2.72. The number of hydrogen-bond acceptors (Lipinski definition) is 7. The Morgan fingerprint density at radius 1 is 0.879 bits per heavy atom. The quantitative estimate of drug-likeness (QED) is 0.425. The van der Waals surface area contributed by atoms with E-state index in [0.717, 1.165) is 5.56 Å². The Bertz CT molecular complexity index is 1370. The van der Waals surface area contributed by atoms with Gasteiger partial charge >= 0.3 is 0 Å². The summed E-state index contributed by atoms with van der Waals surface area (Å²) in [5.41, 5.74) is 1.66. The van der Waals surface area contributed by atoms with E-state index in [0.29, 0.717) is 30.3 Å². The third kappa shape index (κ3) is 4.17. The SMILES string of the molecule is CC(Nc1oc(-c2ccccc2)nc1S(=O)(=O)c1ccc2c(c1)OCCO2)c1ccccc1. The average molecular weight is 463 g/mol. The highest BCUT2D eigenvalue weighted by Gasteiger charge is 2.30. The van der Waals surface area contributed by atoms with Crippen LogP contribution in [0.1, 0.15) is 18.5 Å². The molecule has 3 aromatic carbocycles. The van der Waals surface area contributed by atoms with Crippen molar-refractivity contribution in [2.24, 2.45) is 0 Å². The number of fused-ring (bicyclic) bond motifs is 1. The predicted octanol–water partition coefficient (Wildman–Crippen LogP) is 5.12. The van der Waals surface area contributed by atoms with Crippen LogP contribution >= 0.6 is 0 Å². The first kappa shape index (κ1) is 21.1. The molecule has 1 aromatic heterocycles. The fourth-order valence-corrected chi connectivity index (χ4v) is 4.89. The maximum atomic E-state index is 13.6. The smallest absolute Gasteiger partial charge is 0.234 e. The van der Waals surface area contributed by atoms with Crippen LogP contribution in [-0.2, 0) is 9.84 Å². The number of hydrogen-bond donors (Lipinski definition) is 1. The molecule has 1 atom stereocenters. The fourth-order valence-electron chi connectivity index (χ4n) is 3.61. The lowest BCUT2D eigenvalue weighted by Gasteiger charge is -2.19. The van der Waals surface area contributed by atoms with Gasteiger partial charge in [0.25, 0.3) is 0 Å². The van der Waals surface area contributed by atoms with Crippen molar-refractivity contribution in [1.29, 1.82) is 0 Å². The molecule has 7 nitrogen and oxygen atoms in total. The van der Waals surface area contributed by atoms with Gasteiger partial charge in [0.2, 0.25) is 26.6 Å². The van der Waals surface area contributed by atoms with E-state index in [-0.39, 0.29) is 27.7 Å². The third-order valence-corrected chi connectivity index (χ3v) is 7.00. The highest BCUT2D eigenvalue weighted by atomic mass is 32.2. The first-order chi connectivity index (χ1) is 16.0. The molecule has 5 rings (SSSR count). The van der Waals surface area contributed by atoms with Gasteiger partial charge in [0.05, 0.1) is 10.9 Å². The summed E-state index contributed by atoms with van der Waals surface area (Å²) in [6.07, 6.45) is 0. The number of aromatic nitrogens is 1. The van der Waals surface area contributed by atoms with Crippen LogP contribution in [-0.4, -0.2) is 26.6 Å². The van der Waals surface area contributed by atoms with E-state index in [1.54, 1.807) is 6.07 Å². The van der Waals surface area contributed by atoms with Crippen molar-refractivity contribution in [3.63, 3.8) is 0 Å². The Morgan fingerprint density at radius 3 is 2.27 bits per heavy atom. The Kier molecular flexibility index (Phi) is 5.51. The summed E-state index contributed by atoms with van der Waals surface area (Å²) in [5.74, 6) is 1.21. The van der Waals surface area contributed by atoms with Gasteiger partial charge in [-0.3, -0.25) is 0 Å². The predicted molar refractivity (Wildman–Crippen MR) is 123 cm³/mol. The lowest BCUT2D eigenvalue weighted by Crippen LogP contribution is -2.16. The first-order valence-electron chi connectivity index (χ1n) is 10.5. The highest BCUT2D eigenvalue weighted by molar-refractivity contribution is 7.91. The van der Waals surface area contributed by atoms with Crippen molar-refractivity contribution < 1.29 is 22.3 Å². The van der Waals surface area contributed by atoms with Gasteiger partial charge < -0.3 is 19.2 Å². The van der Waals surface area contributed by atoms with Crippen LogP contribution < -0.4 is 14.8 Å². The number of sulfone groups is 1. The molecule has 0 radical (unpaired) electrons. The lowest BCUT2D eigenvalue weighted by molar-refractivity contribution is 0.171. The molecule has 1 unspecified atom stereocenters. The van der Waals surface area contributed by atoms with E-state index >= 15 is 0 Å². The number of ether oxygens (including phenoxy) is 2. The van der Waals surface area contributed by atoms with Gasteiger partial charge in [-0.25, -0.2) is 8.42 Å². The van der Waals surface area contributed by atoms with Crippen LogP contribution in [0.4, 0.5) is 5.88 Å². The van der Waals surface area contributed by atoms with Gasteiger partial charge in [0, 0.05) is 11.6 Å². The van der Waals surface area contributed by atoms with Gasteiger partial charge in [-0.05, 0) is 36.8 Å². The van der Waals surface area contributed by atoms with Gasteiger partial charge in [-0.1, -0.05) is 48.5 Å². The summed E-state index contributed by atoms with van der Waals surface area (Å²) in [5, 5.41) is 3.01. The van der Waals surface area contributed by atoms with Gasteiger partial charge in [-0.2, -0.15) is 4.98 Å². The van der Waals surface area contributed by atoms with Crippen LogP contribution in [0.3, 0.4) is 0 Å². The molecule has 1 N–H and O–H groups in total. The zero-order valence-electron chi connectivity index (χ0n) is 17.9. The summed E-state index contributed by atoms with van der Waals surface area (Å²) in [4.78, 5) is 4.45. The van der Waals surface area contributed by atoms with Crippen molar-refractivity contribution in [3.8, 4) is 23.0 Å². The van der Waals surface area contributed by atoms with Crippen LogP contribution in [0.25, 0.3) is 11.5 Å². The number of anilines is 1. The molecule has 0 saturated carbocycles. The van der Waals surface area contributed by atoms with Gasteiger partial charge in [-0.15, -0.1) is 0 Å². The molecular formula is C25H22N2O5S. The van der Waals surface area contributed by atoms with Gasteiger partial charge in [0.1, 0.15) is 13.2 Å². The van der Waals surface area contributed by atoms with Crippen molar-refractivity contribution >= 4 is 15.7 Å². The number of oxazole rings is 1. The first-order valence-corrected chi connectivity index (χ1v) is 12.0. The number of nitrogens with one attached hydrogen (secondary N) is 1. The second-order valence-electron chi connectivity index (χ2n) is 7.60. The van der Waals surface area contributed by atoms with E-state index in [1.807, 2.05) is 67.6 Å². The van der Waals surface area contributed by atoms with E-state index in [4.69, 9.17) is 13.9 Å². The molecule has 4 aromatic rings. The molecule has 1 aliphatic heterocycles. The summed E-state index contributed by atoms with van der Waals surface area (Å²) in [6, 6.07) is 23.2. The van der Waals surface area contributed by atoms with Gasteiger partial charge in [0.15, 0.2) is 11.5 Å². The molecule has 33 heavy (non-hydrogen) atoms. The van der Waals surface area contributed by atoms with Crippen LogP contribution in [0.5, 0.6) is 11.5 Å². The van der Waals surface area contributed by atoms with Crippen LogP contribution in [0.2, 0.25) is 0 Å². The highest BCUT2D eigenvalue weighted by Crippen LogP contribution is 2.38. The van der Waals surface area contributed by atoms with Crippen LogP contribution in [0, 0.1) is 0 Å². The summed E-state index contributed by atoms with van der Waals surface area (Å²) >= 11 is 0. The Balaban J connectivity index is 1.58. The minimum absolute atomic E-state index is 0.0510. The lowest BCUT2D eigenvalue weighted by atomic mass is 10.1. The summed E-state index contributed by atoms with van der Waals surface area (Å²) < 4.78 is 44.3. The third-order valence-electron chi connectivity index (χ3n) is 5.34. The molecule has 0 saturated heterocycles.